The van der Waals surface area contributed by atoms with Gasteiger partial charge in [-0.2, -0.15) is 0 Å². The van der Waals surface area contributed by atoms with Crippen molar-refractivity contribution in [3.05, 3.63) is 23.8 Å². The highest BCUT2D eigenvalue weighted by Gasteiger charge is 2.22. The Balaban J connectivity index is 1.94. The molecule has 1 atom stereocenters. The molecule has 0 bridgehead atoms. The van der Waals surface area contributed by atoms with Gasteiger partial charge in [0, 0.05) is 49.2 Å². The van der Waals surface area contributed by atoms with Crippen molar-refractivity contribution < 1.29 is 4.79 Å². The lowest BCUT2D eigenvalue weighted by Gasteiger charge is -2.37. The maximum absolute atomic E-state index is 12.1. The summed E-state index contributed by atoms with van der Waals surface area (Å²) in [4.78, 5) is 16.7. The number of nitrogens with one attached hydrogen (secondary N) is 1. The molecule has 0 radical (unpaired) electrons. The standard InChI is InChI=1S/C14H23N5O/c1-18-3-4-19(2)13(9-18)8-17-14(20)10-5-11(15)7-12(16)6-10/h5-7,13H,3-4,8-9,15-16H2,1-2H3,(H,17,20). The van der Waals surface area contributed by atoms with Crippen LogP contribution in [-0.2, 0) is 0 Å². The zero-order chi connectivity index (χ0) is 14.7. The Hall–Kier alpha value is -1.79. The van der Waals surface area contributed by atoms with Crippen LogP contribution in [0.25, 0.3) is 0 Å². The number of nitrogens with two attached hydrogens (primary N) is 2. The fourth-order valence-corrected chi connectivity index (χ4v) is 2.44. The highest BCUT2D eigenvalue weighted by molar-refractivity contribution is 5.96. The maximum Gasteiger partial charge on any atom is 0.251 e. The first-order valence-corrected chi connectivity index (χ1v) is 6.78. The first kappa shape index (κ1) is 14.6. The van der Waals surface area contributed by atoms with Crippen molar-refractivity contribution in [3.63, 3.8) is 0 Å². The average molecular weight is 277 g/mol. The first-order valence-electron chi connectivity index (χ1n) is 6.78. The van der Waals surface area contributed by atoms with Crippen LogP contribution in [0, 0.1) is 0 Å². The van der Waals surface area contributed by atoms with Crippen LogP contribution in [0.4, 0.5) is 11.4 Å². The molecule has 2 rings (SSSR count). The third-order valence-corrected chi connectivity index (χ3v) is 3.72. The summed E-state index contributed by atoms with van der Waals surface area (Å²) >= 11 is 0. The van der Waals surface area contributed by atoms with E-state index >= 15 is 0 Å². The molecule has 20 heavy (non-hydrogen) atoms. The van der Waals surface area contributed by atoms with E-state index in [1.165, 1.54) is 0 Å². The molecule has 1 aliphatic rings. The predicted molar refractivity (Wildman–Crippen MR) is 81.5 cm³/mol. The van der Waals surface area contributed by atoms with E-state index in [9.17, 15) is 4.79 Å². The number of carbonyl (C=O) groups excluding carboxylic acids is 1. The van der Waals surface area contributed by atoms with Gasteiger partial charge in [0.25, 0.3) is 5.91 Å². The summed E-state index contributed by atoms with van der Waals surface area (Å²) in [6.07, 6.45) is 0. The van der Waals surface area contributed by atoms with E-state index in [2.05, 4.69) is 29.2 Å². The van der Waals surface area contributed by atoms with E-state index in [0.717, 1.165) is 19.6 Å². The Morgan fingerprint density at radius 2 is 1.90 bits per heavy atom. The Kier molecular flexibility index (Phi) is 4.46. The molecule has 1 aromatic rings. The highest BCUT2D eigenvalue weighted by Crippen LogP contribution is 2.13. The smallest absolute Gasteiger partial charge is 0.251 e. The molecule has 1 aromatic carbocycles. The van der Waals surface area contributed by atoms with Crippen molar-refractivity contribution >= 4 is 17.3 Å². The molecule has 1 fully saturated rings. The molecular formula is C14H23N5O. The lowest BCUT2D eigenvalue weighted by atomic mass is 10.1. The molecule has 0 saturated carbocycles. The molecule has 0 aromatic heterocycles. The number of carbonyl (C=O) groups is 1. The molecule has 1 heterocycles. The molecule has 1 amide bonds. The molecule has 0 spiro atoms. The SMILES string of the molecule is CN1CCN(C)C(CNC(=O)c2cc(N)cc(N)c2)C1. The second kappa shape index (κ2) is 6.11. The Labute approximate surface area is 119 Å². The van der Waals surface area contributed by atoms with Gasteiger partial charge < -0.3 is 21.7 Å². The summed E-state index contributed by atoms with van der Waals surface area (Å²) in [7, 11) is 4.18. The Morgan fingerprint density at radius 3 is 2.55 bits per heavy atom. The van der Waals surface area contributed by atoms with Gasteiger partial charge in [0.05, 0.1) is 0 Å². The molecule has 110 valence electrons. The van der Waals surface area contributed by atoms with Crippen LogP contribution in [0.5, 0.6) is 0 Å². The van der Waals surface area contributed by atoms with Crippen molar-refractivity contribution in [2.24, 2.45) is 0 Å². The van der Waals surface area contributed by atoms with Gasteiger partial charge in [-0.05, 0) is 32.3 Å². The van der Waals surface area contributed by atoms with E-state index in [4.69, 9.17) is 11.5 Å². The van der Waals surface area contributed by atoms with Crippen LogP contribution in [-0.4, -0.2) is 62.0 Å². The lowest BCUT2D eigenvalue weighted by molar-refractivity contribution is 0.0881. The van der Waals surface area contributed by atoms with Gasteiger partial charge in [0.15, 0.2) is 0 Å². The Bertz CT molecular complexity index is 470. The third kappa shape index (κ3) is 3.61. The van der Waals surface area contributed by atoms with Crippen LogP contribution < -0.4 is 16.8 Å². The van der Waals surface area contributed by atoms with Crippen LogP contribution >= 0.6 is 0 Å². The number of nitrogens with zero attached hydrogens (tertiary/aromatic N) is 2. The van der Waals surface area contributed by atoms with E-state index < -0.39 is 0 Å². The number of anilines is 2. The first-order chi connectivity index (χ1) is 9.45. The monoisotopic (exact) mass is 277 g/mol. The van der Waals surface area contributed by atoms with E-state index in [0.29, 0.717) is 29.5 Å². The summed E-state index contributed by atoms with van der Waals surface area (Å²) in [5.41, 5.74) is 12.9. The molecule has 0 aliphatic carbocycles. The van der Waals surface area contributed by atoms with Crippen molar-refractivity contribution in [1.29, 1.82) is 0 Å². The summed E-state index contributed by atoms with van der Waals surface area (Å²) < 4.78 is 0. The molecule has 1 aliphatic heterocycles. The quantitative estimate of drug-likeness (QED) is 0.668. The Morgan fingerprint density at radius 1 is 1.25 bits per heavy atom. The molecule has 6 nitrogen and oxygen atoms in total. The van der Waals surface area contributed by atoms with Crippen LogP contribution in [0.2, 0.25) is 0 Å². The van der Waals surface area contributed by atoms with E-state index in [1.807, 2.05) is 0 Å². The third-order valence-electron chi connectivity index (χ3n) is 3.72. The molecule has 5 N–H and O–H groups in total. The average Bonchev–Trinajstić information content (AvgIpc) is 2.38. The number of amides is 1. The van der Waals surface area contributed by atoms with Crippen LogP contribution in [0.15, 0.2) is 18.2 Å². The number of hydrogen-bond donors (Lipinski definition) is 3. The summed E-state index contributed by atoms with van der Waals surface area (Å²) in [6.45, 7) is 3.65. The summed E-state index contributed by atoms with van der Waals surface area (Å²) in [5, 5.41) is 2.96. The summed E-state index contributed by atoms with van der Waals surface area (Å²) in [5.74, 6) is -0.134. The van der Waals surface area contributed by atoms with Gasteiger partial charge in [-0.25, -0.2) is 0 Å². The zero-order valence-corrected chi connectivity index (χ0v) is 12.1. The molecule has 1 saturated heterocycles. The minimum atomic E-state index is -0.134. The predicted octanol–water partition coefficient (Wildman–Crippen LogP) is -0.173. The number of hydrogen-bond acceptors (Lipinski definition) is 5. The van der Waals surface area contributed by atoms with Crippen molar-refractivity contribution in [3.8, 4) is 0 Å². The van der Waals surface area contributed by atoms with Crippen molar-refractivity contribution in [2.45, 2.75) is 6.04 Å². The molecule has 1 unspecified atom stereocenters. The van der Waals surface area contributed by atoms with Crippen molar-refractivity contribution in [1.82, 2.24) is 15.1 Å². The second-order valence-corrected chi connectivity index (χ2v) is 5.50. The fourth-order valence-electron chi connectivity index (χ4n) is 2.44. The van der Waals surface area contributed by atoms with Gasteiger partial charge in [-0.15, -0.1) is 0 Å². The molecular weight excluding hydrogens is 254 g/mol. The number of nitrogen functional groups attached to an aromatic ring is 2. The minimum absolute atomic E-state index is 0.134. The normalized spacial score (nSPS) is 20.8. The van der Waals surface area contributed by atoms with Crippen LogP contribution in [0.3, 0.4) is 0 Å². The van der Waals surface area contributed by atoms with Gasteiger partial charge >= 0.3 is 0 Å². The fraction of sp³-hybridized carbons (Fsp3) is 0.500. The minimum Gasteiger partial charge on any atom is -0.399 e. The van der Waals surface area contributed by atoms with Crippen molar-refractivity contribution in [2.75, 3.05) is 51.7 Å². The van der Waals surface area contributed by atoms with Gasteiger partial charge in [0.2, 0.25) is 0 Å². The largest absolute Gasteiger partial charge is 0.399 e. The lowest BCUT2D eigenvalue weighted by Crippen LogP contribution is -2.54. The maximum atomic E-state index is 12.1. The van der Waals surface area contributed by atoms with E-state index in [1.54, 1.807) is 18.2 Å². The zero-order valence-electron chi connectivity index (χ0n) is 12.1. The number of benzene rings is 1. The van der Waals surface area contributed by atoms with Gasteiger partial charge in [-0.3, -0.25) is 9.69 Å². The number of likely N-dealkylation sites (N-methyl/N-ethyl adjacent to an activating group) is 2. The van der Waals surface area contributed by atoms with Crippen LogP contribution in [0.1, 0.15) is 10.4 Å². The van der Waals surface area contributed by atoms with Gasteiger partial charge in [0.1, 0.15) is 0 Å². The number of piperazine rings is 1. The topological polar surface area (TPSA) is 87.6 Å². The number of rotatable bonds is 3. The van der Waals surface area contributed by atoms with E-state index in [-0.39, 0.29) is 5.91 Å². The summed E-state index contributed by atoms with van der Waals surface area (Å²) in [6, 6.07) is 5.25. The molecule has 6 heteroatoms. The highest BCUT2D eigenvalue weighted by atomic mass is 16.1. The van der Waals surface area contributed by atoms with Gasteiger partial charge in [-0.1, -0.05) is 0 Å². The second-order valence-electron chi connectivity index (χ2n) is 5.50.